The molecule has 0 aliphatic heterocycles. The van der Waals surface area contributed by atoms with Gasteiger partial charge in [0.15, 0.2) is 0 Å². The average molecular weight is 259 g/mol. The molecule has 3 rings (SSSR count). The quantitative estimate of drug-likeness (QED) is 0.682. The Bertz CT molecular complexity index is 757. The molecular formula is C14H11F2N3. The number of fused-ring (bicyclic) bond motifs is 1. The highest BCUT2D eigenvalue weighted by atomic mass is 19.1. The molecule has 0 amide bonds. The zero-order valence-electron chi connectivity index (χ0n) is 10.2. The molecule has 0 aliphatic carbocycles. The van der Waals surface area contributed by atoms with Gasteiger partial charge in [-0.1, -0.05) is 6.07 Å². The molecule has 0 atom stereocenters. The summed E-state index contributed by atoms with van der Waals surface area (Å²) in [5.41, 5.74) is 7.36. The van der Waals surface area contributed by atoms with Crippen LogP contribution in [0.2, 0.25) is 0 Å². The molecule has 3 aromatic rings. The van der Waals surface area contributed by atoms with Gasteiger partial charge in [0.2, 0.25) is 0 Å². The highest BCUT2D eigenvalue weighted by Crippen LogP contribution is 2.26. The van der Waals surface area contributed by atoms with Crippen molar-refractivity contribution in [1.82, 2.24) is 9.55 Å². The van der Waals surface area contributed by atoms with E-state index in [1.165, 1.54) is 22.8 Å². The fourth-order valence-electron chi connectivity index (χ4n) is 2.20. The first kappa shape index (κ1) is 11.6. The molecule has 96 valence electrons. The van der Waals surface area contributed by atoms with Crippen LogP contribution in [-0.2, 0) is 0 Å². The average Bonchev–Trinajstić information content (AvgIpc) is 2.65. The Morgan fingerprint density at radius 2 is 1.79 bits per heavy atom. The van der Waals surface area contributed by atoms with Crippen LogP contribution in [0.5, 0.6) is 0 Å². The van der Waals surface area contributed by atoms with Gasteiger partial charge >= 0.3 is 0 Å². The van der Waals surface area contributed by atoms with Crippen LogP contribution in [0.25, 0.3) is 16.7 Å². The molecule has 5 heteroatoms. The van der Waals surface area contributed by atoms with E-state index in [1.54, 1.807) is 25.1 Å². The minimum absolute atomic E-state index is 0.118. The highest BCUT2D eigenvalue weighted by Gasteiger charge is 2.16. The summed E-state index contributed by atoms with van der Waals surface area (Å²) in [6.45, 7) is 1.70. The summed E-state index contributed by atoms with van der Waals surface area (Å²) in [6.07, 6.45) is 0. The number of nitrogen functional groups attached to an aromatic ring is 1. The van der Waals surface area contributed by atoms with E-state index in [4.69, 9.17) is 5.73 Å². The molecule has 0 bridgehead atoms. The first-order chi connectivity index (χ1) is 9.08. The monoisotopic (exact) mass is 259 g/mol. The van der Waals surface area contributed by atoms with Gasteiger partial charge in [-0.25, -0.2) is 13.8 Å². The maximum atomic E-state index is 13.9. The van der Waals surface area contributed by atoms with E-state index in [-0.39, 0.29) is 5.69 Å². The van der Waals surface area contributed by atoms with Crippen molar-refractivity contribution in [3.63, 3.8) is 0 Å². The van der Waals surface area contributed by atoms with Gasteiger partial charge in [-0.15, -0.1) is 0 Å². The van der Waals surface area contributed by atoms with Crippen LogP contribution in [-0.4, -0.2) is 9.55 Å². The van der Waals surface area contributed by atoms with Crippen LogP contribution < -0.4 is 5.73 Å². The zero-order chi connectivity index (χ0) is 13.6. The van der Waals surface area contributed by atoms with Crippen LogP contribution in [0.4, 0.5) is 14.5 Å². The van der Waals surface area contributed by atoms with Crippen molar-refractivity contribution in [1.29, 1.82) is 0 Å². The van der Waals surface area contributed by atoms with E-state index in [2.05, 4.69) is 4.98 Å². The second kappa shape index (κ2) is 4.05. The predicted molar refractivity (Wildman–Crippen MR) is 70.1 cm³/mol. The molecule has 0 radical (unpaired) electrons. The highest BCUT2D eigenvalue weighted by molar-refractivity contribution is 5.81. The lowest BCUT2D eigenvalue weighted by atomic mass is 10.2. The molecule has 2 N–H and O–H groups in total. The summed E-state index contributed by atoms with van der Waals surface area (Å²) in [5, 5.41) is 0. The van der Waals surface area contributed by atoms with Crippen LogP contribution >= 0.6 is 0 Å². The molecule has 0 saturated carbocycles. The Morgan fingerprint density at radius 3 is 2.47 bits per heavy atom. The van der Waals surface area contributed by atoms with Gasteiger partial charge in [-0.3, -0.25) is 4.57 Å². The second-order valence-electron chi connectivity index (χ2n) is 4.31. The lowest BCUT2D eigenvalue weighted by molar-refractivity contribution is 0.569. The van der Waals surface area contributed by atoms with Gasteiger partial charge in [-0.2, -0.15) is 0 Å². The first-order valence-corrected chi connectivity index (χ1v) is 5.77. The largest absolute Gasteiger partial charge is 0.399 e. The van der Waals surface area contributed by atoms with Crippen molar-refractivity contribution in [2.24, 2.45) is 0 Å². The van der Waals surface area contributed by atoms with Crippen molar-refractivity contribution >= 4 is 16.7 Å². The molecule has 0 spiro atoms. The Hall–Kier alpha value is -2.43. The van der Waals surface area contributed by atoms with Crippen molar-refractivity contribution < 1.29 is 8.78 Å². The predicted octanol–water partition coefficient (Wildman–Crippen LogP) is 3.19. The van der Waals surface area contributed by atoms with Crippen LogP contribution in [0.15, 0.2) is 36.4 Å². The number of benzene rings is 2. The van der Waals surface area contributed by atoms with E-state index >= 15 is 0 Å². The number of aryl methyl sites for hydroxylation is 1. The molecular weight excluding hydrogens is 248 g/mol. The lowest BCUT2D eigenvalue weighted by Gasteiger charge is -2.09. The summed E-state index contributed by atoms with van der Waals surface area (Å²) in [6, 6.07) is 8.84. The normalized spacial score (nSPS) is 11.1. The van der Waals surface area contributed by atoms with Gasteiger partial charge in [0, 0.05) is 5.69 Å². The zero-order valence-corrected chi connectivity index (χ0v) is 10.2. The number of para-hydroxylation sites is 1. The number of halogens is 2. The number of rotatable bonds is 1. The summed E-state index contributed by atoms with van der Waals surface area (Å²) in [4.78, 5) is 4.28. The van der Waals surface area contributed by atoms with Crippen LogP contribution in [0.3, 0.4) is 0 Å². The SMILES string of the molecule is Cc1nc2cc(N)ccc2n1-c1c(F)cccc1F. The number of imidazole rings is 1. The molecule has 3 nitrogen and oxygen atoms in total. The third-order valence-electron chi connectivity index (χ3n) is 3.01. The fraction of sp³-hybridized carbons (Fsp3) is 0.0714. The van der Waals surface area contributed by atoms with Gasteiger partial charge in [0.05, 0.1) is 11.0 Å². The summed E-state index contributed by atoms with van der Waals surface area (Å²) in [5.74, 6) is -0.747. The third-order valence-corrected chi connectivity index (χ3v) is 3.01. The number of nitrogens with zero attached hydrogens (tertiary/aromatic N) is 2. The molecule has 19 heavy (non-hydrogen) atoms. The minimum atomic E-state index is -0.626. The molecule has 2 aromatic carbocycles. The van der Waals surface area contributed by atoms with Crippen molar-refractivity contribution in [3.05, 3.63) is 53.9 Å². The van der Waals surface area contributed by atoms with E-state index in [0.29, 0.717) is 22.5 Å². The summed E-state index contributed by atoms with van der Waals surface area (Å²) >= 11 is 0. The molecule has 0 saturated heterocycles. The number of hydrogen-bond acceptors (Lipinski definition) is 2. The fourth-order valence-corrected chi connectivity index (χ4v) is 2.20. The molecule has 0 unspecified atom stereocenters. The number of aromatic nitrogens is 2. The van der Waals surface area contributed by atoms with E-state index in [9.17, 15) is 8.78 Å². The third kappa shape index (κ3) is 1.74. The topological polar surface area (TPSA) is 43.8 Å². The van der Waals surface area contributed by atoms with Crippen LogP contribution in [0, 0.1) is 18.6 Å². The first-order valence-electron chi connectivity index (χ1n) is 5.77. The Kier molecular flexibility index (Phi) is 2.48. The number of hydrogen-bond donors (Lipinski definition) is 1. The van der Waals surface area contributed by atoms with Gasteiger partial charge in [0.1, 0.15) is 23.1 Å². The lowest BCUT2D eigenvalue weighted by Crippen LogP contribution is -2.03. The smallest absolute Gasteiger partial charge is 0.150 e. The number of nitrogens with two attached hydrogens (primary N) is 1. The molecule has 1 heterocycles. The second-order valence-corrected chi connectivity index (χ2v) is 4.31. The summed E-state index contributed by atoms with van der Waals surface area (Å²) < 4.78 is 29.2. The molecule has 1 aromatic heterocycles. The van der Waals surface area contributed by atoms with Gasteiger partial charge in [0.25, 0.3) is 0 Å². The molecule has 0 fully saturated rings. The van der Waals surface area contributed by atoms with E-state index < -0.39 is 11.6 Å². The minimum Gasteiger partial charge on any atom is -0.399 e. The number of anilines is 1. The van der Waals surface area contributed by atoms with Crippen LogP contribution in [0.1, 0.15) is 5.82 Å². The maximum absolute atomic E-state index is 13.9. The van der Waals surface area contributed by atoms with Crippen molar-refractivity contribution in [2.75, 3.05) is 5.73 Å². The standard InChI is InChI=1S/C14H11F2N3/c1-8-18-12-7-9(17)5-6-13(12)19(8)14-10(15)3-2-4-11(14)16/h2-7H,17H2,1H3. The Morgan fingerprint density at radius 1 is 1.11 bits per heavy atom. The maximum Gasteiger partial charge on any atom is 0.150 e. The molecule has 0 aliphatic rings. The van der Waals surface area contributed by atoms with E-state index in [1.807, 2.05) is 0 Å². The van der Waals surface area contributed by atoms with Gasteiger partial charge < -0.3 is 5.73 Å². The Balaban J connectivity index is 2.40. The Labute approximate surface area is 108 Å². The summed E-state index contributed by atoms with van der Waals surface area (Å²) in [7, 11) is 0. The van der Waals surface area contributed by atoms with Crippen molar-refractivity contribution in [2.45, 2.75) is 6.92 Å². The van der Waals surface area contributed by atoms with Gasteiger partial charge in [-0.05, 0) is 37.3 Å². The van der Waals surface area contributed by atoms with E-state index in [0.717, 1.165) is 0 Å². The van der Waals surface area contributed by atoms with Crippen molar-refractivity contribution in [3.8, 4) is 5.69 Å².